The Kier molecular flexibility index (Phi) is 4.92. The number of nitrogens with zero attached hydrogens (tertiary/aromatic N) is 1. The fraction of sp³-hybridized carbons (Fsp3) is 0.500. The van der Waals surface area contributed by atoms with E-state index < -0.39 is 29.3 Å². The van der Waals surface area contributed by atoms with Crippen molar-refractivity contribution >= 4 is 35.1 Å². The number of nitrogens with one attached hydrogen (secondary N) is 2. The van der Waals surface area contributed by atoms with Gasteiger partial charge >= 0.3 is 6.03 Å². The first-order chi connectivity index (χ1) is 12.3. The van der Waals surface area contributed by atoms with Crippen molar-refractivity contribution in [2.75, 3.05) is 5.32 Å². The Morgan fingerprint density at radius 2 is 2.15 bits per heavy atom. The molecule has 0 aromatic heterocycles. The van der Waals surface area contributed by atoms with Gasteiger partial charge in [-0.25, -0.2) is 14.1 Å². The quantitative estimate of drug-likeness (QED) is 0.788. The maximum atomic E-state index is 13.1. The third-order valence-electron chi connectivity index (χ3n) is 5.40. The van der Waals surface area contributed by atoms with Crippen LogP contribution in [-0.2, 0) is 9.59 Å². The van der Waals surface area contributed by atoms with Crippen molar-refractivity contribution in [2.45, 2.75) is 51.1 Å². The molecule has 140 valence electrons. The molecule has 1 saturated heterocycles. The number of hydrogen-bond donors (Lipinski definition) is 2. The van der Waals surface area contributed by atoms with Gasteiger partial charge in [-0.15, -0.1) is 0 Å². The van der Waals surface area contributed by atoms with Crippen LogP contribution >= 0.6 is 11.6 Å². The number of carbonyl (C=O) groups excluding carboxylic acids is 3. The minimum Gasteiger partial charge on any atom is -0.323 e. The summed E-state index contributed by atoms with van der Waals surface area (Å²) in [6.07, 6.45) is 3.31. The normalized spacial score (nSPS) is 26.8. The molecule has 2 N–H and O–H groups in total. The van der Waals surface area contributed by atoms with Crippen LogP contribution in [0.15, 0.2) is 18.2 Å². The van der Waals surface area contributed by atoms with E-state index in [0.29, 0.717) is 6.42 Å². The fourth-order valence-corrected chi connectivity index (χ4v) is 3.97. The molecule has 0 bridgehead atoms. The van der Waals surface area contributed by atoms with E-state index in [-0.39, 0.29) is 22.5 Å². The number of imide groups is 1. The van der Waals surface area contributed by atoms with Gasteiger partial charge in [0.15, 0.2) is 0 Å². The van der Waals surface area contributed by atoms with Crippen LogP contribution in [-0.4, -0.2) is 34.3 Å². The second-order valence-corrected chi connectivity index (χ2v) is 7.42. The second kappa shape index (κ2) is 6.87. The molecule has 6 nitrogen and oxygen atoms in total. The number of amides is 4. The van der Waals surface area contributed by atoms with Gasteiger partial charge in [0.25, 0.3) is 5.91 Å². The number of halogens is 2. The molecule has 1 aliphatic carbocycles. The lowest BCUT2D eigenvalue weighted by Crippen LogP contribution is -2.54. The molecule has 0 unspecified atom stereocenters. The monoisotopic (exact) mass is 381 g/mol. The predicted molar refractivity (Wildman–Crippen MR) is 95.2 cm³/mol. The zero-order chi connectivity index (χ0) is 19.1. The number of hydrogen-bond acceptors (Lipinski definition) is 3. The Morgan fingerprint density at radius 1 is 1.42 bits per heavy atom. The summed E-state index contributed by atoms with van der Waals surface area (Å²) in [5.41, 5.74) is -0.699. The highest BCUT2D eigenvalue weighted by molar-refractivity contribution is 6.33. The minimum absolute atomic E-state index is 0.0134. The molecule has 1 spiro atoms. The fourth-order valence-electron chi connectivity index (χ4n) is 3.76. The summed E-state index contributed by atoms with van der Waals surface area (Å²) >= 11 is 5.92. The van der Waals surface area contributed by atoms with Gasteiger partial charge in [0.2, 0.25) is 5.91 Å². The van der Waals surface area contributed by atoms with E-state index in [1.165, 1.54) is 19.1 Å². The van der Waals surface area contributed by atoms with Crippen LogP contribution in [0.4, 0.5) is 14.9 Å². The van der Waals surface area contributed by atoms with Crippen molar-refractivity contribution in [3.05, 3.63) is 29.0 Å². The molecule has 1 saturated carbocycles. The van der Waals surface area contributed by atoms with Crippen LogP contribution < -0.4 is 10.6 Å². The molecule has 2 aliphatic rings. The molecule has 8 heteroatoms. The van der Waals surface area contributed by atoms with Gasteiger partial charge in [0, 0.05) is 0 Å². The van der Waals surface area contributed by atoms with Crippen LogP contribution in [0.3, 0.4) is 0 Å². The number of rotatable bonds is 3. The molecular formula is C18H21ClFN3O3. The van der Waals surface area contributed by atoms with Crippen molar-refractivity contribution in [1.82, 2.24) is 10.2 Å². The van der Waals surface area contributed by atoms with Crippen molar-refractivity contribution < 1.29 is 18.8 Å². The second-order valence-electron chi connectivity index (χ2n) is 7.01. The summed E-state index contributed by atoms with van der Waals surface area (Å²) < 4.78 is 13.1. The Balaban J connectivity index is 1.78. The smallest absolute Gasteiger partial charge is 0.323 e. The molecule has 1 heterocycles. The zero-order valence-corrected chi connectivity index (χ0v) is 15.4. The Labute approximate surface area is 156 Å². The van der Waals surface area contributed by atoms with Crippen molar-refractivity contribution in [1.29, 1.82) is 0 Å². The van der Waals surface area contributed by atoms with E-state index in [4.69, 9.17) is 11.6 Å². The minimum atomic E-state index is -1.02. The predicted octanol–water partition coefficient (Wildman–Crippen LogP) is 3.31. The highest BCUT2D eigenvalue weighted by atomic mass is 35.5. The van der Waals surface area contributed by atoms with Crippen molar-refractivity contribution in [3.8, 4) is 0 Å². The van der Waals surface area contributed by atoms with E-state index >= 15 is 0 Å². The lowest BCUT2D eigenvalue weighted by atomic mass is 9.73. The Hall–Kier alpha value is -2.15. The molecule has 26 heavy (non-hydrogen) atoms. The van der Waals surface area contributed by atoms with Crippen LogP contribution in [0.25, 0.3) is 0 Å². The first kappa shape index (κ1) is 18.6. The van der Waals surface area contributed by atoms with E-state index in [1.807, 2.05) is 6.92 Å². The molecular weight excluding hydrogens is 361 g/mol. The van der Waals surface area contributed by atoms with Gasteiger partial charge in [-0.2, -0.15) is 0 Å². The van der Waals surface area contributed by atoms with Gasteiger partial charge in [-0.05, 0) is 43.9 Å². The molecule has 2 fully saturated rings. The number of anilines is 1. The maximum absolute atomic E-state index is 13.1. The summed E-state index contributed by atoms with van der Waals surface area (Å²) in [5, 5.41) is 5.41. The highest BCUT2D eigenvalue weighted by Crippen LogP contribution is 2.38. The largest absolute Gasteiger partial charge is 0.325 e. The molecule has 1 aliphatic heterocycles. The lowest BCUT2D eigenvalue weighted by molar-refractivity contribution is -0.138. The van der Waals surface area contributed by atoms with Crippen LogP contribution in [0, 0.1) is 11.7 Å². The van der Waals surface area contributed by atoms with E-state index in [9.17, 15) is 18.8 Å². The molecule has 1 aromatic rings. The number of benzene rings is 1. The summed E-state index contributed by atoms with van der Waals surface area (Å²) in [5.74, 6) is -1.44. The number of urea groups is 1. The first-order valence-electron chi connectivity index (χ1n) is 8.68. The van der Waals surface area contributed by atoms with Gasteiger partial charge in [0.05, 0.1) is 10.7 Å². The molecule has 0 radical (unpaired) electrons. The third-order valence-corrected chi connectivity index (χ3v) is 5.72. The summed E-state index contributed by atoms with van der Waals surface area (Å²) in [7, 11) is 0. The topological polar surface area (TPSA) is 78.5 Å². The highest BCUT2D eigenvalue weighted by Gasteiger charge is 2.56. The Morgan fingerprint density at radius 3 is 2.81 bits per heavy atom. The SMILES string of the molecule is C[C@@H]1CCCC[C@@]12NC(=O)N([C@@H](C)C(=O)Nc1ccc(F)cc1Cl)C2=O. The van der Waals surface area contributed by atoms with Gasteiger partial charge in [-0.1, -0.05) is 31.4 Å². The molecule has 1 aromatic carbocycles. The molecule has 3 atom stereocenters. The summed E-state index contributed by atoms with van der Waals surface area (Å²) in [6, 6.07) is 2.00. The van der Waals surface area contributed by atoms with Gasteiger partial charge in [-0.3, -0.25) is 9.59 Å². The average Bonchev–Trinajstić information content (AvgIpc) is 2.83. The van der Waals surface area contributed by atoms with Crippen molar-refractivity contribution in [3.63, 3.8) is 0 Å². The average molecular weight is 382 g/mol. The lowest BCUT2D eigenvalue weighted by Gasteiger charge is -2.37. The van der Waals surface area contributed by atoms with Crippen LogP contribution in [0.1, 0.15) is 39.5 Å². The summed E-state index contributed by atoms with van der Waals surface area (Å²) in [6.45, 7) is 3.43. The standard InChI is InChI=1S/C18H21ClFN3O3/c1-10-5-3-4-8-18(10)16(25)23(17(26)22-18)11(2)15(24)21-14-7-6-12(20)9-13(14)19/h6-7,9-11H,3-5,8H2,1-2H3,(H,21,24)(H,22,26)/t10-,11+,18-/m1/s1. The van der Waals surface area contributed by atoms with Gasteiger partial charge < -0.3 is 10.6 Å². The zero-order valence-electron chi connectivity index (χ0n) is 14.6. The first-order valence-corrected chi connectivity index (χ1v) is 9.06. The third kappa shape index (κ3) is 3.05. The van der Waals surface area contributed by atoms with E-state index in [0.717, 1.165) is 30.2 Å². The van der Waals surface area contributed by atoms with E-state index in [2.05, 4.69) is 10.6 Å². The summed E-state index contributed by atoms with van der Waals surface area (Å²) in [4.78, 5) is 39.0. The number of carbonyl (C=O) groups is 3. The maximum Gasteiger partial charge on any atom is 0.325 e. The molecule has 4 amide bonds. The van der Waals surface area contributed by atoms with Crippen LogP contribution in [0.2, 0.25) is 5.02 Å². The van der Waals surface area contributed by atoms with Crippen molar-refractivity contribution in [2.24, 2.45) is 5.92 Å². The Bertz CT molecular complexity index is 772. The van der Waals surface area contributed by atoms with Crippen LogP contribution in [0.5, 0.6) is 0 Å². The van der Waals surface area contributed by atoms with E-state index in [1.54, 1.807) is 0 Å². The molecule has 3 rings (SSSR count). The van der Waals surface area contributed by atoms with Gasteiger partial charge in [0.1, 0.15) is 17.4 Å².